The molecule has 0 saturated heterocycles. The summed E-state index contributed by atoms with van der Waals surface area (Å²) in [6.45, 7) is 0. The van der Waals surface area contributed by atoms with Gasteiger partial charge in [0.2, 0.25) is 5.82 Å². The van der Waals surface area contributed by atoms with E-state index < -0.39 is 12.0 Å². The van der Waals surface area contributed by atoms with Crippen molar-refractivity contribution in [1.82, 2.24) is 9.97 Å². The Morgan fingerprint density at radius 1 is 1.06 bits per heavy atom. The van der Waals surface area contributed by atoms with Crippen molar-refractivity contribution >= 4 is 23.2 Å². The molecule has 0 bridgehead atoms. The van der Waals surface area contributed by atoms with E-state index in [0.29, 0.717) is 15.6 Å². The van der Waals surface area contributed by atoms with Crippen LogP contribution in [0.2, 0.25) is 10.0 Å². The van der Waals surface area contributed by atoms with Crippen LogP contribution in [0.1, 0.15) is 5.82 Å². The van der Waals surface area contributed by atoms with E-state index in [9.17, 15) is 13.2 Å². The molecule has 2 rings (SSSR count). The first kappa shape index (κ1) is 12.3. The fourth-order valence-electron chi connectivity index (χ4n) is 1.32. The van der Waals surface area contributed by atoms with E-state index in [1.165, 1.54) is 18.2 Å². The molecular formula is C10H5Cl2F3N2. The maximum Gasteiger partial charge on any atom is 0.449 e. The lowest BCUT2D eigenvalue weighted by Gasteiger charge is -2.02. The Morgan fingerprint density at radius 3 is 2.12 bits per heavy atom. The van der Waals surface area contributed by atoms with Crippen LogP contribution in [0.25, 0.3) is 11.3 Å². The molecule has 0 unspecified atom stereocenters. The number of imidazole rings is 1. The van der Waals surface area contributed by atoms with Gasteiger partial charge in [-0.25, -0.2) is 4.98 Å². The van der Waals surface area contributed by atoms with Gasteiger partial charge in [-0.3, -0.25) is 0 Å². The first-order chi connectivity index (χ1) is 7.86. The summed E-state index contributed by atoms with van der Waals surface area (Å²) in [6, 6.07) is 4.50. The number of benzene rings is 1. The average molecular weight is 281 g/mol. The fourth-order valence-corrected chi connectivity index (χ4v) is 1.85. The number of nitrogens with one attached hydrogen (secondary N) is 1. The highest BCUT2D eigenvalue weighted by Crippen LogP contribution is 2.30. The van der Waals surface area contributed by atoms with Gasteiger partial charge in [0.1, 0.15) is 0 Å². The molecule has 1 aromatic heterocycles. The zero-order valence-corrected chi connectivity index (χ0v) is 9.66. The van der Waals surface area contributed by atoms with E-state index >= 15 is 0 Å². The van der Waals surface area contributed by atoms with Gasteiger partial charge >= 0.3 is 6.18 Å². The van der Waals surface area contributed by atoms with Gasteiger partial charge in [0.25, 0.3) is 0 Å². The smallest absolute Gasteiger partial charge is 0.334 e. The number of aromatic amines is 1. The third kappa shape index (κ3) is 2.73. The molecule has 7 heteroatoms. The molecule has 2 aromatic rings. The number of halogens is 5. The second kappa shape index (κ2) is 4.23. The molecule has 0 aliphatic heterocycles. The molecule has 0 radical (unpaired) electrons. The van der Waals surface area contributed by atoms with Crippen molar-refractivity contribution in [2.45, 2.75) is 6.18 Å². The van der Waals surface area contributed by atoms with Crippen LogP contribution in [0.5, 0.6) is 0 Å². The van der Waals surface area contributed by atoms with Crippen molar-refractivity contribution in [3.63, 3.8) is 0 Å². The van der Waals surface area contributed by atoms with E-state index in [2.05, 4.69) is 9.97 Å². The van der Waals surface area contributed by atoms with Crippen molar-refractivity contribution < 1.29 is 13.2 Å². The monoisotopic (exact) mass is 280 g/mol. The molecule has 0 atom stereocenters. The average Bonchev–Trinajstić information content (AvgIpc) is 2.63. The van der Waals surface area contributed by atoms with Crippen molar-refractivity contribution in [1.29, 1.82) is 0 Å². The zero-order chi connectivity index (χ0) is 12.6. The minimum atomic E-state index is -4.50. The summed E-state index contributed by atoms with van der Waals surface area (Å²) < 4.78 is 37.0. The highest BCUT2D eigenvalue weighted by atomic mass is 35.5. The predicted molar refractivity (Wildman–Crippen MR) is 59.0 cm³/mol. The number of nitrogens with zero attached hydrogens (tertiary/aromatic N) is 1. The number of alkyl halides is 3. The number of hydrogen-bond donors (Lipinski definition) is 1. The molecule has 17 heavy (non-hydrogen) atoms. The predicted octanol–water partition coefficient (Wildman–Crippen LogP) is 4.40. The minimum absolute atomic E-state index is 0.210. The van der Waals surface area contributed by atoms with Crippen molar-refractivity contribution in [3.8, 4) is 11.3 Å². The molecule has 0 aliphatic carbocycles. The van der Waals surface area contributed by atoms with Gasteiger partial charge < -0.3 is 4.98 Å². The Balaban J connectivity index is 2.44. The molecule has 1 N–H and O–H groups in total. The Morgan fingerprint density at radius 2 is 1.65 bits per heavy atom. The first-order valence-electron chi connectivity index (χ1n) is 4.45. The van der Waals surface area contributed by atoms with Gasteiger partial charge in [-0.1, -0.05) is 23.2 Å². The van der Waals surface area contributed by atoms with Crippen LogP contribution in [-0.4, -0.2) is 9.97 Å². The van der Waals surface area contributed by atoms with Crippen molar-refractivity contribution in [3.05, 3.63) is 40.3 Å². The summed E-state index contributed by atoms with van der Waals surface area (Å²) in [5, 5.41) is 0.686. The number of rotatable bonds is 1. The van der Waals surface area contributed by atoms with Crippen LogP contribution in [0, 0.1) is 0 Å². The third-order valence-corrected chi connectivity index (χ3v) is 2.45. The van der Waals surface area contributed by atoms with Crippen LogP contribution in [0.3, 0.4) is 0 Å². The van der Waals surface area contributed by atoms with E-state index in [4.69, 9.17) is 23.2 Å². The number of hydrogen-bond acceptors (Lipinski definition) is 1. The Bertz CT molecular complexity index is 528. The van der Waals surface area contributed by atoms with Gasteiger partial charge in [-0.2, -0.15) is 13.2 Å². The highest BCUT2D eigenvalue weighted by Gasteiger charge is 2.34. The van der Waals surface area contributed by atoms with Gasteiger partial charge in [0.15, 0.2) is 0 Å². The summed E-state index contributed by atoms with van der Waals surface area (Å²) in [6.07, 6.45) is -3.41. The Kier molecular flexibility index (Phi) is 3.05. The van der Waals surface area contributed by atoms with E-state index in [1.807, 2.05) is 0 Å². The van der Waals surface area contributed by atoms with E-state index in [1.54, 1.807) is 0 Å². The maximum absolute atomic E-state index is 12.3. The summed E-state index contributed by atoms with van der Waals surface area (Å²) in [5.74, 6) is -1.05. The second-order valence-corrected chi connectivity index (χ2v) is 4.17. The summed E-state index contributed by atoms with van der Waals surface area (Å²) in [5.41, 5.74) is 0.659. The molecule has 0 fully saturated rings. The largest absolute Gasteiger partial charge is 0.449 e. The quantitative estimate of drug-likeness (QED) is 0.824. The Hall–Kier alpha value is -1.20. The van der Waals surface area contributed by atoms with Gasteiger partial charge in [-0.05, 0) is 18.2 Å². The lowest BCUT2D eigenvalue weighted by molar-refractivity contribution is -0.144. The third-order valence-electron chi connectivity index (χ3n) is 2.02. The molecule has 90 valence electrons. The molecule has 0 spiro atoms. The van der Waals surface area contributed by atoms with Crippen LogP contribution in [-0.2, 0) is 6.18 Å². The SMILES string of the molecule is FC(F)(F)c1ncc(-c2cc(Cl)cc(Cl)c2)[nH]1. The zero-order valence-electron chi connectivity index (χ0n) is 8.15. The lowest BCUT2D eigenvalue weighted by atomic mass is 10.2. The lowest BCUT2D eigenvalue weighted by Crippen LogP contribution is -2.07. The molecule has 2 nitrogen and oxygen atoms in total. The standard InChI is InChI=1S/C10H5Cl2F3N2/c11-6-1-5(2-7(12)3-6)8-4-16-9(17-8)10(13,14)15/h1-4H,(H,16,17). The maximum atomic E-state index is 12.3. The summed E-state index contributed by atoms with van der Waals surface area (Å²) in [7, 11) is 0. The summed E-state index contributed by atoms with van der Waals surface area (Å²) >= 11 is 11.5. The normalized spacial score (nSPS) is 11.8. The molecule has 0 saturated carbocycles. The van der Waals surface area contributed by atoms with Crippen LogP contribution in [0.15, 0.2) is 24.4 Å². The topological polar surface area (TPSA) is 28.7 Å². The van der Waals surface area contributed by atoms with Gasteiger partial charge in [0.05, 0.1) is 11.9 Å². The second-order valence-electron chi connectivity index (χ2n) is 3.30. The summed E-state index contributed by atoms with van der Waals surface area (Å²) in [4.78, 5) is 5.43. The van der Waals surface area contributed by atoms with Crippen LogP contribution < -0.4 is 0 Å². The van der Waals surface area contributed by atoms with Crippen molar-refractivity contribution in [2.24, 2.45) is 0 Å². The fraction of sp³-hybridized carbons (Fsp3) is 0.100. The Labute approximate surface area is 104 Å². The van der Waals surface area contributed by atoms with E-state index in [0.717, 1.165) is 6.20 Å². The molecule has 0 aliphatic rings. The molecule has 0 amide bonds. The first-order valence-corrected chi connectivity index (χ1v) is 5.20. The molecular weight excluding hydrogens is 276 g/mol. The highest BCUT2D eigenvalue weighted by molar-refractivity contribution is 6.35. The minimum Gasteiger partial charge on any atom is -0.334 e. The van der Waals surface area contributed by atoms with Crippen LogP contribution >= 0.6 is 23.2 Å². The number of aromatic nitrogens is 2. The van der Waals surface area contributed by atoms with Gasteiger partial charge in [0, 0.05) is 15.6 Å². The van der Waals surface area contributed by atoms with Crippen LogP contribution in [0.4, 0.5) is 13.2 Å². The number of H-pyrrole nitrogens is 1. The van der Waals surface area contributed by atoms with E-state index in [-0.39, 0.29) is 5.69 Å². The molecule has 1 aromatic carbocycles. The van der Waals surface area contributed by atoms with Gasteiger partial charge in [-0.15, -0.1) is 0 Å². The molecule has 1 heterocycles. The van der Waals surface area contributed by atoms with Crippen molar-refractivity contribution in [2.75, 3.05) is 0 Å².